The summed E-state index contributed by atoms with van der Waals surface area (Å²) in [6.45, 7) is -0.508. The van der Waals surface area contributed by atoms with Gasteiger partial charge in [0, 0.05) is 0 Å². The van der Waals surface area contributed by atoms with Crippen molar-refractivity contribution < 1.29 is 25.2 Å². The normalized spacial score (nSPS) is 30.1. The van der Waals surface area contributed by atoms with Crippen LogP contribution in [-0.2, 0) is 4.74 Å². The first-order chi connectivity index (χ1) is 9.54. The van der Waals surface area contributed by atoms with E-state index in [9.17, 15) is 20.1 Å². The molecule has 0 bridgehead atoms. The molecule has 4 atom stereocenters. The molecule has 1 aliphatic rings. The maximum Gasteiger partial charge on any atom is 0.330 e. The largest absolute Gasteiger partial charge is 0.492 e. The first-order valence-electron chi connectivity index (χ1n) is 5.81. The predicted molar refractivity (Wildman–Crippen MR) is 62.8 cm³/mol. The highest BCUT2D eigenvalue weighted by Gasteiger charge is 2.44. The van der Waals surface area contributed by atoms with Crippen LogP contribution in [-0.4, -0.2) is 64.9 Å². The standard InChI is InChI=1S/C10H12N4O6/c15-1-3-5(16)6(17)9(20-3)14-7-4(13-10(14)19)8(18)12-2-11-7/h2-3,5-6,9,15-17H,1H2,(H,13,19)(H,11,12,18)/t3-,5-,6-,9-/m1/s1. The average Bonchev–Trinajstić information content (AvgIpc) is 2.90. The molecule has 0 aliphatic carbocycles. The van der Waals surface area contributed by atoms with Crippen LogP contribution in [0.15, 0.2) is 11.1 Å². The Morgan fingerprint density at radius 1 is 1.35 bits per heavy atom. The minimum Gasteiger partial charge on any atom is -0.492 e. The third-order valence-electron chi connectivity index (χ3n) is 3.26. The summed E-state index contributed by atoms with van der Waals surface area (Å²) in [5.41, 5.74) is -0.668. The zero-order valence-electron chi connectivity index (χ0n) is 10.0. The van der Waals surface area contributed by atoms with Crippen molar-refractivity contribution in [2.75, 3.05) is 6.61 Å². The molecule has 0 aromatic carbocycles. The third-order valence-corrected chi connectivity index (χ3v) is 3.26. The number of imidazole rings is 1. The van der Waals surface area contributed by atoms with Crippen LogP contribution < -0.4 is 5.69 Å². The number of aliphatic hydroxyl groups is 3. The van der Waals surface area contributed by atoms with Crippen molar-refractivity contribution in [3.63, 3.8) is 0 Å². The highest BCUT2D eigenvalue weighted by atomic mass is 16.6. The van der Waals surface area contributed by atoms with E-state index in [0.717, 1.165) is 10.9 Å². The van der Waals surface area contributed by atoms with Gasteiger partial charge >= 0.3 is 5.69 Å². The number of ether oxygens (including phenoxy) is 1. The second-order valence-corrected chi connectivity index (χ2v) is 4.42. The second-order valence-electron chi connectivity index (χ2n) is 4.42. The number of H-pyrrole nitrogens is 1. The van der Waals surface area contributed by atoms with E-state index in [4.69, 9.17) is 9.84 Å². The van der Waals surface area contributed by atoms with Crippen LogP contribution in [0.5, 0.6) is 5.88 Å². The molecule has 20 heavy (non-hydrogen) atoms. The van der Waals surface area contributed by atoms with Crippen molar-refractivity contribution in [2.24, 2.45) is 0 Å². The number of fused-ring (bicyclic) bond motifs is 1. The van der Waals surface area contributed by atoms with Crippen LogP contribution in [0.2, 0.25) is 0 Å². The van der Waals surface area contributed by atoms with Crippen molar-refractivity contribution in [3.8, 4) is 5.88 Å². The quantitative estimate of drug-likeness (QED) is 0.403. The van der Waals surface area contributed by atoms with Crippen molar-refractivity contribution in [1.82, 2.24) is 19.5 Å². The number of nitrogens with zero attached hydrogens (tertiary/aromatic N) is 3. The number of aromatic hydroxyl groups is 1. The molecule has 10 nitrogen and oxygen atoms in total. The van der Waals surface area contributed by atoms with E-state index in [2.05, 4.69) is 15.0 Å². The monoisotopic (exact) mass is 284 g/mol. The summed E-state index contributed by atoms with van der Waals surface area (Å²) >= 11 is 0. The van der Waals surface area contributed by atoms with Gasteiger partial charge in [-0.05, 0) is 0 Å². The summed E-state index contributed by atoms with van der Waals surface area (Å²) in [6.07, 6.45) is -3.94. The van der Waals surface area contributed by atoms with E-state index < -0.39 is 42.7 Å². The predicted octanol–water partition coefficient (Wildman–Crippen LogP) is -2.56. The van der Waals surface area contributed by atoms with Crippen LogP contribution in [0.1, 0.15) is 6.23 Å². The number of aliphatic hydroxyl groups excluding tert-OH is 3. The van der Waals surface area contributed by atoms with Crippen molar-refractivity contribution in [3.05, 3.63) is 16.8 Å². The molecule has 2 aromatic rings. The molecule has 1 fully saturated rings. The Morgan fingerprint density at radius 2 is 2.10 bits per heavy atom. The van der Waals surface area contributed by atoms with E-state index in [0.29, 0.717) is 0 Å². The molecule has 3 rings (SSSR count). The smallest absolute Gasteiger partial charge is 0.330 e. The lowest BCUT2D eigenvalue weighted by Crippen LogP contribution is -2.34. The lowest BCUT2D eigenvalue weighted by molar-refractivity contribution is -0.0524. The molecule has 108 valence electrons. The molecule has 3 heterocycles. The fraction of sp³-hybridized carbons (Fsp3) is 0.500. The maximum atomic E-state index is 11.9. The zero-order valence-corrected chi connectivity index (χ0v) is 10.0. The maximum absolute atomic E-state index is 11.9. The molecule has 10 heteroatoms. The Labute approximate surface area is 110 Å². The van der Waals surface area contributed by atoms with Gasteiger partial charge in [-0.25, -0.2) is 14.3 Å². The Bertz CT molecular complexity index is 697. The topological polar surface area (TPSA) is 154 Å². The van der Waals surface area contributed by atoms with Gasteiger partial charge in [0.25, 0.3) is 0 Å². The zero-order chi connectivity index (χ0) is 14.4. The van der Waals surface area contributed by atoms with E-state index in [1.165, 1.54) is 0 Å². The fourth-order valence-corrected chi connectivity index (χ4v) is 2.25. The Morgan fingerprint density at radius 3 is 2.75 bits per heavy atom. The molecule has 5 N–H and O–H groups in total. The van der Waals surface area contributed by atoms with E-state index in [1.54, 1.807) is 0 Å². The molecule has 0 saturated carbocycles. The van der Waals surface area contributed by atoms with E-state index >= 15 is 0 Å². The molecular weight excluding hydrogens is 272 g/mol. The van der Waals surface area contributed by atoms with Gasteiger partial charge in [-0.15, -0.1) is 0 Å². The highest BCUT2D eigenvalue weighted by molar-refractivity contribution is 5.75. The van der Waals surface area contributed by atoms with Gasteiger partial charge in [0.1, 0.15) is 30.2 Å². The number of rotatable bonds is 2. The summed E-state index contributed by atoms with van der Waals surface area (Å²) in [4.78, 5) is 21.6. The second kappa shape index (κ2) is 4.52. The Hall–Kier alpha value is -2.01. The number of hydrogen-bond donors (Lipinski definition) is 5. The number of aromatic nitrogens is 4. The van der Waals surface area contributed by atoms with E-state index in [1.807, 2.05) is 0 Å². The van der Waals surface area contributed by atoms with Crippen molar-refractivity contribution >= 4 is 11.2 Å². The summed E-state index contributed by atoms with van der Waals surface area (Å²) in [5.74, 6) is -0.419. The summed E-state index contributed by atoms with van der Waals surface area (Å²) in [5, 5.41) is 38.2. The first kappa shape index (κ1) is 13.0. The van der Waals surface area contributed by atoms with Crippen LogP contribution in [0.25, 0.3) is 11.2 Å². The van der Waals surface area contributed by atoms with Gasteiger partial charge in [0.2, 0.25) is 5.88 Å². The first-order valence-corrected chi connectivity index (χ1v) is 5.81. The number of nitrogens with one attached hydrogen (secondary N) is 1. The minimum absolute atomic E-state index is 0.00441. The summed E-state index contributed by atoms with van der Waals surface area (Å²) in [6, 6.07) is 0. The van der Waals surface area contributed by atoms with Crippen LogP contribution in [0.4, 0.5) is 0 Å². The number of hydrogen-bond acceptors (Lipinski definition) is 8. The van der Waals surface area contributed by atoms with Gasteiger partial charge in [-0.1, -0.05) is 0 Å². The molecular formula is C10H12N4O6. The van der Waals surface area contributed by atoms with Crippen LogP contribution in [0.3, 0.4) is 0 Å². The van der Waals surface area contributed by atoms with Crippen molar-refractivity contribution in [2.45, 2.75) is 24.5 Å². The Kier molecular flexibility index (Phi) is 2.94. The van der Waals surface area contributed by atoms with Gasteiger partial charge in [-0.3, -0.25) is 4.98 Å². The summed E-state index contributed by atoms with van der Waals surface area (Å²) in [7, 11) is 0. The van der Waals surface area contributed by atoms with Gasteiger partial charge in [-0.2, -0.15) is 4.98 Å². The molecule has 1 aliphatic heterocycles. The lowest BCUT2D eigenvalue weighted by Gasteiger charge is -2.15. The molecule has 0 spiro atoms. The molecule has 0 radical (unpaired) electrons. The fourth-order valence-electron chi connectivity index (χ4n) is 2.25. The average molecular weight is 284 g/mol. The molecule has 0 amide bonds. The lowest BCUT2D eigenvalue weighted by atomic mass is 10.1. The van der Waals surface area contributed by atoms with Crippen LogP contribution in [0, 0.1) is 0 Å². The van der Waals surface area contributed by atoms with Crippen molar-refractivity contribution in [1.29, 1.82) is 0 Å². The number of aromatic amines is 1. The SMILES string of the molecule is O=c1[nH]c2c(O)ncnc2n1[C@@H]1O[C@H](CO)[C@@H](O)[C@H]1O. The Balaban J connectivity index is 2.14. The van der Waals surface area contributed by atoms with E-state index in [-0.39, 0.29) is 11.2 Å². The molecule has 0 unspecified atom stereocenters. The van der Waals surface area contributed by atoms with Crippen LogP contribution >= 0.6 is 0 Å². The molecule has 1 saturated heterocycles. The van der Waals surface area contributed by atoms with Gasteiger partial charge in [0.05, 0.1) is 6.61 Å². The highest BCUT2D eigenvalue weighted by Crippen LogP contribution is 2.30. The third kappa shape index (κ3) is 1.70. The van der Waals surface area contributed by atoms with Gasteiger partial charge < -0.3 is 25.2 Å². The molecule has 2 aromatic heterocycles. The van der Waals surface area contributed by atoms with Gasteiger partial charge in [0.15, 0.2) is 11.9 Å². The minimum atomic E-state index is -1.42. The summed E-state index contributed by atoms with van der Waals surface area (Å²) < 4.78 is 6.22.